The van der Waals surface area contributed by atoms with Crippen LogP contribution >= 0.6 is 0 Å². The van der Waals surface area contributed by atoms with Crippen LogP contribution < -0.4 is 5.73 Å². The molecule has 4 nitrogen and oxygen atoms in total. The Kier molecular flexibility index (Phi) is 3.76. The van der Waals surface area contributed by atoms with Crippen molar-refractivity contribution < 1.29 is 9.53 Å². The van der Waals surface area contributed by atoms with E-state index < -0.39 is 6.09 Å². The quantitative estimate of drug-likeness (QED) is 0.668. The number of hydrogen-bond donors (Lipinski definition) is 1. The number of amides is 1. The number of nitrogens with zero attached hydrogens (tertiary/aromatic N) is 1. The molecule has 0 aromatic carbocycles. The molecule has 0 spiro atoms. The number of hydrogen-bond acceptors (Lipinski definition) is 3. The van der Waals surface area contributed by atoms with Gasteiger partial charge in [-0.3, -0.25) is 4.90 Å². The van der Waals surface area contributed by atoms with E-state index in [0.717, 1.165) is 25.9 Å². The zero-order valence-corrected chi connectivity index (χ0v) is 7.90. The molecule has 13 heavy (non-hydrogen) atoms. The minimum atomic E-state index is -0.693. The van der Waals surface area contributed by atoms with Crippen LogP contribution in [0.4, 0.5) is 4.79 Å². The van der Waals surface area contributed by atoms with Crippen LogP contribution in [0.2, 0.25) is 0 Å². The van der Waals surface area contributed by atoms with Gasteiger partial charge in [-0.05, 0) is 12.8 Å². The van der Waals surface area contributed by atoms with Gasteiger partial charge in [-0.2, -0.15) is 0 Å². The van der Waals surface area contributed by atoms with E-state index in [1.165, 1.54) is 0 Å². The van der Waals surface area contributed by atoms with Gasteiger partial charge in [-0.25, -0.2) is 4.79 Å². The minimum Gasteiger partial charge on any atom is -0.430 e. The molecule has 1 rings (SSSR count). The summed E-state index contributed by atoms with van der Waals surface area (Å²) in [7, 11) is 0. The van der Waals surface area contributed by atoms with Gasteiger partial charge in [0.2, 0.25) is 0 Å². The molecule has 0 radical (unpaired) electrons. The van der Waals surface area contributed by atoms with Crippen LogP contribution in [0.5, 0.6) is 0 Å². The van der Waals surface area contributed by atoms with Crippen LogP contribution in [0.25, 0.3) is 0 Å². The van der Waals surface area contributed by atoms with Gasteiger partial charge in [-0.15, -0.1) is 0 Å². The van der Waals surface area contributed by atoms with E-state index in [4.69, 9.17) is 10.5 Å². The van der Waals surface area contributed by atoms with E-state index in [-0.39, 0.29) is 6.23 Å². The van der Waals surface area contributed by atoms with Crippen LogP contribution in [-0.4, -0.2) is 30.3 Å². The molecule has 1 amide bonds. The summed E-state index contributed by atoms with van der Waals surface area (Å²) in [6, 6.07) is 0. The Morgan fingerprint density at radius 3 is 2.92 bits per heavy atom. The van der Waals surface area contributed by atoms with Gasteiger partial charge in [0.25, 0.3) is 0 Å². The first-order chi connectivity index (χ1) is 6.24. The molecule has 1 heterocycles. The molecule has 1 aliphatic heterocycles. The Labute approximate surface area is 78.3 Å². The van der Waals surface area contributed by atoms with E-state index in [9.17, 15) is 4.79 Å². The van der Waals surface area contributed by atoms with Gasteiger partial charge in [0.1, 0.15) is 0 Å². The average Bonchev–Trinajstić information content (AvgIpc) is 2.15. The summed E-state index contributed by atoms with van der Waals surface area (Å²) in [5, 5.41) is 0. The molecule has 0 saturated carbocycles. The maximum Gasteiger partial charge on any atom is 0.406 e. The van der Waals surface area contributed by atoms with Crippen molar-refractivity contribution in [2.45, 2.75) is 26.0 Å². The van der Waals surface area contributed by atoms with Crippen LogP contribution in [0.3, 0.4) is 0 Å². The fraction of sp³-hybridized carbons (Fsp3) is 0.667. The normalized spacial score (nSPS) is 19.8. The molecule has 0 bridgehead atoms. The molecule has 1 aliphatic rings. The Morgan fingerprint density at radius 1 is 1.69 bits per heavy atom. The van der Waals surface area contributed by atoms with Gasteiger partial charge in [0.15, 0.2) is 6.23 Å². The van der Waals surface area contributed by atoms with Crippen molar-refractivity contribution in [3.05, 3.63) is 12.2 Å². The third-order valence-electron chi connectivity index (χ3n) is 2.10. The van der Waals surface area contributed by atoms with Gasteiger partial charge < -0.3 is 10.5 Å². The second-order valence-corrected chi connectivity index (χ2v) is 3.05. The highest BCUT2D eigenvalue weighted by molar-refractivity contribution is 5.64. The van der Waals surface area contributed by atoms with E-state index in [2.05, 4.69) is 17.1 Å². The molecule has 1 unspecified atom stereocenters. The lowest BCUT2D eigenvalue weighted by molar-refractivity contribution is -0.00659. The maximum atomic E-state index is 10.6. The second kappa shape index (κ2) is 4.87. The summed E-state index contributed by atoms with van der Waals surface area (Å²) in [5.74, 6) is 0. The minimum absolute atomic E-state index is 0.164. The molecule has 0 saturated heterocycles. The van der Waals surface area contributed by atoms with E-state index >= 15 is 0 Å². The first-order valence-electron chi connectivity index (χ1n) is 4.59. The Bertz CT molecular complexity index is 204. The van der Waals surface area contributed by atoms with Crippen LogP contribution in [0.15, 0.2) is 12.2 Å². The van der Waals surface area contributed by atoms with Crippen molar-refractivity contribution in [1.82, 2.24) is 4.90 Å². The molecular weight excluding hydrogens is 168 g/mol. The molecule has 1 atom stereocenters. The van der Waals surface area contributed by atoms with Crippen molar-refractivity contribution in [2.75, 3.05) is 13.1 Å². The van der Waals surface area contributed by atoms with Crippen LogP contribution in [0.1, 0.15) is 19.8 Å². The Hall–Kier alpha value is -1.03. The summed E-state index contributed by atoms with van der Waals surface area (Å²) in [6.07, 6.45) is 5.14. The number of ether oxygens (including phenoxy) is 1. The number of nitrogens with two attached hydrogens (primary N) is 1. The smallest absolute Gasteiger partial charge is 0.406 e. The van der Waals surface area contributed by atoms with Crippen molar-refractivity contribution in [3.8, 4) is 0 Å². The third kappa shape index (κ3) is 3.06. The molecular formula is C9H16N2O2. The van der Waals surface area contributed by atoms with Crippen LogP contribution in [-0.2, 0) is 4.74 Å². The zero-order valence-electron chi connectivity index (χ0n) is 7.90. The summed E-state index contributed by atoms with van der Waals surface area (Å²) in [4.78, 5) is 12.7. The van der Waals surface area contributed by atoms with Crippen molar-refractivity contribution in [3.63, 3.8) is 0 Å². The summed E-state index contributed by atoms with van der Waals surface area (Å²) in [6.45, 7) is 3.75. The predicted octanol–water partition coefficient (Wildman–Crippen LogP) is 1.08. The lowest BCUT2D eigenvalue weighted by Crippen LogP contribution is -2.41. The molecule has 0 aromatic heterocycles. The van der Waals surface area contributed by atoms with Gasteiger partial charge in [-0.1, -0.05) is 19.1 Å². The molecule has 0 aliphatic carbocycles. The second-order valence-electron chi connectivity index (χ2n) is 3.05. The number of rotatable bonds is 3. The molecule has 0 fully saturated rings. The topological polar surface area (TPSA) is 55.6 Å². The zero-order chi connectivity index (χ0) is 9.68. The fourth-order valence-electron chi connectivity index (χ4n) is 1.47. The maximum absolute atomic E-state index is 10.6. The lowest BCUT2D eigenvalue weighted by Gasteiger charge is -2.30. The first kappa shape index (κ1) is 10.1. The van der Waals surface area contributed by atoms with Gasteiger partial charge >= 0.3 is 6.09 Å². The van der Waals surface area contributed by atoms with E-state index in [1.54, 1.807) is 0 Å². The number of primary amides is 1. The predicted molar refractivity (Wildman–Crippen MR) is 50.1 cm³/mol. The molecule has 4 heteroatoms. The SMILES string of the molecule is CCC(OC(N)=O)N1CC=CCC1. The first-order valence-corrected chi connectivity index (χ1v) is 4.59. The van der Waals surface area contributed by atoms with Crippen molar-refractivity contribution in [1.29, 1.82) is 0 Å². The fourth-order valence-corrected chi connectivity index (χ4v) is 1.47. The monoisotopic (exact) mass is 184 g/mol. The highest BCUT2D eigenvalue weighted by Gasteiger charge is 2.19. The number of carbonyl (C=O) groups excluding carboxylic acids is 1. The number of carbonyl (C=O) groups is 1. The largest absolute Gasteiger partial charge is 0.430 e. The lowest BCUT2D eigenvalue weighted by atomic mass is 10.2. The highest BCUT2D eigenvalue weighted by Crippen LogP contribution is 2.10. The van der Waals surface area contributed by atoms with E-state index in [0.29, 0.717) is 0 Å². The van der Waals surface area contributed by atoms with Crippen molar-refractivity contribution in [2.24, 2.45) is 5.73 Å². The summed E-state index contributed by atoms with van der Waals surface area (Å²) >= 11 is 0. The average molecular weight is 184 g/mol. The molecule has 74 valence electrons. The standard InChI is InChI=1S/C9H16N2O2/c1-2-8(13-9(10)12)11-6-4-3-5-7-11/h3-4,8H,2,5-7H2,1H3,(H2,10,12). The van der Waals surface area contributed by atoms with Crippen molar-refractivity contribution >= 4 is 6.09 Å². The molecule has 0 aromatic rings. The Morgan fingerprint density at radius 2 is 2.46 bits per heavy atom. The van der Waals surface area contributed by atoms with Crippen LogP contribution in [0, 0.1) is 0 Å². The highest BCUT2D eigenvalue weighted by atomic mass is 16.6. The summed E-state index contributed by atoms with van der Waals surface area (Å²) in [5.41, 5.74) is 4.97. The summed E-state index contributed by atoms with van der Waals surface area (Å²) < 4.78 is 4.97. The van der Waals surface area contributed by atoms with E-state index in [1.807, 2.05) is 6.92 Å². The van der Waals surface area contributed by atoms with Gasteiger partial charge in [0, 0.05) is 13.1 Å². The molecule has 2 N–H and O–H groups in total. The van der Waals surface area contributed by atoms with Gasteiger partial charge in [0.05, 0.1) is 0 Å². The third-order valence-corrected chi connectivity index (χ3v) is 2.10. The Balaban J connectivity index is 2.45.